The molecule has 0 aromatic heterocycles. The molecule has 1 N–H and O–H groups in total. The molecular weight excluding hydrogens is 414 g/mol. The third kappa shape index (κ3) is 5.74. The van der Waals surface area contributed by atoms with Gasteiger partial charge in [-0.3, -0.25) is 4.79 Å². The van der Waals surface area contributed by atoms with Crippen LogP contribution in [0.2, 0.25) is 0 Å². The van der Waals surface area contributed by atoms with Crippen LogP contribution < -0.4 is 5.32 Å². The summed E-state index contributed by atoms with van der Waals surface area (Å²) in [6.07, 6.45) is 1.88. The first-order chi connectivity index (χ1) is 14.4. The number of hydrogen-bond acceptors (Lipinski definition) is 4. The third-order valence-electron chi connectivity index (χ3n) is 4.79. The Bertz CT molecular complexity index is 1090. The molecule has 0 saturated carbocycles. The number of amides is 1. The van der Waals surface area contributed by atoms with E-state index in [-0.39, 0.29) is 16.8 Å². The average Bonchev–Trinajstić information content (AvgIpc) is 2.76. The van der Waals surface area contributed by atoms with Crippen LogP contribution in [-0.2, 0) is 15.6 Å². The maximum Gasteiger partial charge on any atom is 0.252 e. The fraction of sp³-hybridized carbons (Fsp3) is 0.208. The van der Waals surface area contributed by atoms with Crippen molar-refractivity contribution in [2.24, 2.45) is 0 Å². The van der Waals surface area contributed by atoms with Crippen LogP contribution >= 0.6 is 11.8 Å². The van der Waals surface area contributed by atoms with E-state index in [9.17, 15) is 13.2 Å². The van der Waals surface area contributed by atoms with Crippen LogP contribution in [0.4, 0.5) is 0 Å². The molecule has 0 fully saturated rings. The number of sulfone groups is 1. The summed E-state index contributed by atoms with van der Waals surface area (Å²) in [7, 11) is -3.24. The Kier molecular flexibility index (Phi) is 7.34. The van der Waals surface area contributed by atoms with E-state index in [1.165, 1.54) is 11.8 Å². The average molecular weight is 440 g/mol. The molecule has 0 radical (unpaired) electrons. The molecule has 0 aliphatic heterocycles. The fourth-order valence-electron chi connectivity index (χ4n) is 3.12. The molecule has 0 bridgehead atoms. The molecule has 156 valence electrons. The number of carbonyl (C=O) groups excluding carboxylic acids is 1. The molecule has 1 atom stereocenters. The van der Waals surface area contributed by atoms with Crippen LogP contribution in [0.3, 0.4) is 0 Å². The highest BCUT2D eigenvalue weighted by molar-refractivity contribution is 7.98. The zero-order valence-electron chi connectivity index (χ0n) is 17.0. The van der Waals surface area contributed by atoms with Gasteiger partial charge < -0.3 is 5.32 Å². The van der Waals surface area contributed by atoms with Gasteiger partial charge in [-0.05, 0) is 41.8 Å². The highest BCUT2D eigenvalue weighted by Crippen LogP contribution is 2.27. The first kappa shape index (κ1) is 22.1. The van der Waals surface area contributed by atoms with E-state index in [2.05, 4.69) is 17.4 Å². The van der Waals surface area contributed by atoms with Crippen LogP contribution in [0, 0.1) is 0 Å². The fourth-order valence-corrected chi connectivity index (χ4v) is 4.76. The van der Waals surface area contributed by atoms with Crippen molar-refractivity contribution in [3.05, 3.63) is 95.6 Å². The summed E-state index contributed by atoms with van der Waals surface area (Å²) in [5, 5.41) is 3.09. The first-order valence-corrected chi connectivity index (χ1v) is 12.6. The number of hydrogen-bond donors (Lipinski definition) is 1. The summed E-state index contributed by atoms with van der Waals surface area (Å²) < 4.78 is 23.4. The van der Waals surface area contributed by atoms with Crippen molar-refractivity contribution in [1.82, 2.24) is 5.32 Å². The van der Waals surface area contributed by atoms with Gasteiger partial charge >= 0.3 is 0 Å². The third-order valence-corrected chi connectivity index (χ3v) is 7.07. The van der Waals surface area contributed by atoms with Gasteiger partial charge in [0.05, 0.1) is 16.5 Å². The molecule has 1 amide bonds. The Morgan fingerprint density at radius 3 is 2.20 bits per heavy atom. The number of rotatable bonds is 8. The van der Waals surface area contributed by atoms with Gasteiger partial charge in [-0.1, -0.05) is 61.5 Å². The smallest absolute Gasteiger partial charge is 0.252 e. The molecule has 0 aliphatic carbocycles. The van der Waals surface area contributed by atoms with Crippen molar-refractivity contribution in [1.29, 1.82) is 0 Å². The quantitative estimate of drug-likeness (QED) is 0.486. The molecule has 3 rings (SSSR count). The normalized spacial score (nSPS) is 12.3. The molecule has 6 heteroatoms. The lowest BCUT2D eigenvalue weighted by Crippen LogP contribution is -2.28. The molecule has 1 unspecified atom stereocenters. The van der Waals surface area contributed by atoms with Gasteiger partial charge in [-0.2, -0.15) is 0 Å². The van der Waals surface area contributed by atoms with E-state index in [4.69, 9.17) is 0 Å². The Labute approximate surface area is 182 Å². The van der Waals surface area contributed by atoms with E-state index >= 15 is 0 Å². The first-order valence-electron chi connectivity index (χ1n) is 9.75. The Hall–Kier alpha value is -2.57. The monoisotopic (exact) mass is 439 g/mol. The molecule has 30 heavy (non-hydrogen) atoms. The summed E-state index contributed by atoms with van der Waals surface area (Å²) in [6.45, 7) is 1.99. The van der Waals surface area contributed by atoms with Gasteiger partial charge in [-0.15, -0.1) is 11.8 Å². The second-order valence-corrected chi connectivity index (χ2v) is 10.1. The molecule has 0 spiro atoms. The van der Waals surface area contributed by atoms with Gasteiger partial charge in [-0.25, -0.2) is 8.42 Å². The topological polar surface area (TPSA) is 63.2 Å². The van der Waals surface area contributed by atoms with E-state index in [0.29, 0.717) is 12.0 Å². The standard InChI is InChI=1S/C24H25NO3S2/c1-3-22(19-13-15-20(16-14-19)30(2,27)28)25-24(26)21-11-7-8-12-23(21)29-17-18-9-5-4-6-10-18/h4-16,22H,3,17H2,1-2H3,(H,25,26). The largest absolute Gasteiger partial charge is 0.345 e. The Morgan fingerprint density at radius 2 is 1.57 bits per heavy atom. The second-order valence-electron chi connectivity index (χ2n) is 7.05. The van der Waals surface area contributed by atoms with E-state index < -0.39 is 9.84 Å². The van der Waals surface area contributed by atoms with Gasteiger partial charge in [0, 0.05) is 16.9 Å². The zero-order chi connectivity index (χ0) is 21.6. The van der Waals surface area contributed by atoms with E-state index in [1.807, 2.05) is 49.4 Å². The van der Waals surface area contributed by atoms with Gasteiger partial charge in [0.1, 0.15) is 0 Å². The predicted molar refractivity (Wildman–Crippen MR) is 122 cm³/mol. The van der Waals surface area contributed by atoms with Crippen LogP contribution in [-0.4, -0.2) is 20.6 Å². The number of thioether (sulfide) groups is 1. The minimum atomic E-state index is -3.24. The minimum Gasteiger partial charge on any atom is -0.345 e. The summed E-state index contributed by atoms with van der Waals surface area (Å²) in [4.78, 5) is 14.2. The summed E-state index contributed by atoms with van der Waals surface area (Å²) in [5.41, 5.74) is 2.73. The maximum absolute atomic E-state index is 13.0. The Morgan fingerprint density at radius 1 is 0.933 bits per heavy atom. The van der Waals surface area contributed by atoms with Crippen molar-refractivity contribution < 1.29 is 13.2 Å². The van der Waals surface area contributed by atoms with Crippen molar-refractivity contribution in [3.8, 4) is 0 Å². The van der Waals surface area contributed by atoms with Gasteiger partial charge in [0.2, 0.25) is 0 Å². The van der Waals surface area contributed by atoms with Crippen molar-refractivity contribution in [2.75, 3.05) is 6.26 Å². The van der Waals surface area contributed by atoms with Gasteiger partial charge in [0.15, 0.2) is 9.84 Å². The number of nitrogens with one attached hydrogen (secondary N) is 1. The molecule has 0 saturated heterocycles. The van der Waals surface area contributed by atoms with Crippen LogP contribution in [0.1, 0.15) is 40.9 Å². The molecule has 3 aromatic carbocycles. The minimum absolute atomic E-state index is 0.134. The highest BCUT2D eigenvalue weighted by Gasteiger charge is 2.17. The molecule has 0 aliphatic rings. The van der Waals surface area contributed by atoms with E-state index in [1.54, 1.807) is 36.0 Å². The number of carbonyl (C=O) groups is 1. The lowest BCUT2D eigenvalue weighted by atomic mass is 10.0. The predicted octanol–water partition coefficient (Wildman–Crippen LogP) is 5.26. The van der Waals surface area contributed by atoms with E-state index in [0.717, 1.165) is 16.2 Å². The molecule has 0 heterocycles. The summed E-state index contributed by atoms with van der Waals surface area (Å²) in [6, 6.07) is 24.3. The van der Waals surface area contributed by atoms with Gasteiger partial charge in [0.25, 0.3) is 5.91 Å². The van der Waals surface area contributed by atoms with Crippen LogP contribution in [0.5, 0.6) is 0 Å². The second kappa shape index (κ2) is 9.96. The Balaban J connectivity index is 1.74. The number of benzene rings is 3. The van der Waals surface area contributed by atoms with Crippen molar-refractivity contribution in [3.63, 3.8) is 0 Å². The lowest BCUT2D eigenvalue weighted by Gasteiger charge is -2.19. The lowest BCUT2D eigenvalue weighted by molar-refractivity contribution is 0.0932. The van der Waals surface area contributed by atoms with Crippen LogP contribution in [0.15, 0.2) is 88.7 Å². The van der Waals surface area contributed by atoms with Crippen LogP contribution in [0.25, 0.3) is 0 Å². The zero-order valence-corrected chi connectivity index (χ0v) is 18.7. The molecule has 4 nitrogen and oxygen atoms in total. The van der Waals surface area contributed by atoms with Crippen molar-refractivity contribution >= 4 is 27.5 Å². The maximum atomic E-state index is 13.0. The van der Waals surface area contributed by atoms with Crippen molar-refractivity contribution in [2.45, 2.75) is 34.9 Å². The molecule has 3 aromatic rings. The SMILES string of the molecule is CCC(NC(=O)c1ccccc1SCc1ccccc1)c1ccc(S(C)(=O)=O)cc1. The molecular formula is C24H25NO3S2. The summed E-state index contributed by atoms with van der Waals surface area (Å²) >= 11 is 1.64. The highest BCUT2D eigenvalue weighted by atomic mass is 32.2. The summed E-state index contributed by atoms with van der Waals surface area (Å²) in [5.74, 6) is 0.653.